The molecule has 2 aromatic rings. The molecule has 0 radical (unpaired) electrons. The number of para-hydroxylation sites is 2. The predicted molar refractivity (Wildman–Crippen MR) is 81.1 cm³/mol. The molecular formula is C16H18N2O2. The van der Waals surface area contributed by atoms with Gasteiger partial charge in [-0.15, -0.1) is 0 Å². The maximum absolute atomic E-state index is 12.4. The predicted octanol–water partition coefficient (Wildman–Crippen LogP) is 3.13. The van der Waals surface area contributed by atoms with Gasteiger partial charge in [-0.05, 0) is 18.2 Å². The number of hydrogen-bond acceptors (Lipinski definition) is 3. The Kier molecular flexibility index (Phi) is 4.74. The zero-order valence-electron chi connectivity index (χ0n) is 11.6. The smallest absolute Gasteiger partial charge is 0.257 e. The van der Waals surface area contributed by atoms with Crippen LogP contribution in [-0.4, -0.2) is 20.1 Å². The van der Waals surface area contributed by atoms with Gasteiger partial charge in [0.2, 0.25) is 0 Å². The van der Waals surface area contributed by atoms with Crippen molar-refractivity contribution in [2.45, 2.75) is 6.61 Å². The zero-order valence-corrected chi connectivity index (χ0v) is 11.6. The summed E-state index contributed by atoms with van der Waals surface area (Å²) >= 11 is 0. The number of carbonyl (C=O) groups excluding carboxylic acids is 1. The minimum Gasteiger partial charge on any atom is -0.387 e. The van der Waals surface area contributed by atoms with Gasteiger partial charge in [0, 0.05) is 31.1 Å². The summed E-state index contributed by atoms with van der Waals surface area (Å²) in [5.41, 5.74) is 3.13. The van der Waals surface area contributed by atoms with Gasteiger partial charge in [0.15, 0.2) is 0 Å². The first-order valence-electron chi connectivity index (χ1n) is 6.41. The summed E-state index contributed by atoms with van der Waals surface area (Å²) in [7, 11) is 3.43. The number of anilines is 2. The van der Waals surface area contributed by atoms with Gasteiger partial charge in [-0.25, -0.2) is 0 Å². The average molecular weight is 270 g/mol. The molecule has 0 saturated heterocycles. The lowest BCUT2D eigenvalue weighted by Gasteiger charge is -2.12. The highest BCUT2D eigenvalue weighted by molar-refractivity contribution is 6.08. The molecule has 0 bridgehead atoms. The monoisotopic (exact) mass is 270 g/mol. The van der Waals surface area contributed by atoms with E-state index >= 15 is 0 Å². The largest absolute Gasteiger partial charge is 0.387 e. The lowest BCUT2D eigenvalue weighted by molar-refractivity contribution is 0.102. The van der Waals surface area contributed by atoms with E-state index in [0.717, 1.165) is 16.9 Å². The van der Waals surface area contributed by atoms with Gasteiger partial charge in [-0.3, -0.25) is 4.79 Å². The maximum atomic E-state index is 12.4. The number of ether oxygens (including phenoxy) is 1. The summed E-state index contributed by atoms with van der Waals surface area (Å²) in [4.78, 5) is 12.4. The van der Waals surface area contributed by atoms with Gasteiger partial charge in [0.05, 0.1) is 12.2 Å². The van der Waals surface area contributed by atoms with E-state index in [0.29, 0.717) is 12.2 Å². The summed E-state index contributed by atoms with van der Waals surface area (Å²) in [5.74, 6) is -0.140. The molecule has 104 valence electrons. The van der Waals surface area contributed by atoms with E-state index in [2.05, 4.69) is 10.6 Å². The third-order valence-corrected chi connectivity index (χ3v) is 3.01. The normalized spacial score (nSPS) is 10.1. The zero-order chi connectivity index (χ0) is 14.4. The molecule has 4 heteroatoms. The van der Waals surface area contributed by atoms with E-state index in [1.54, 1.807) is 20.2 Å². The summed E-state index contributed by atoms with van der Waals surface area (Å²) in [5, 5.41) is 5.94. The Morgan fingerprint density at radius 2 is 1.70 bits per heavy atom. The highest BCUT2D eigenvalue weighted by Crippen LogP contribution is 2.20. The van der Waals surface area contributed by atoms with E-state index in [4.69, 9.17) is 4.74 Å². The summed E-state index contributed by atoms with van der Waals surface area (Å²) in [6.07, 6.45) is 0. The van der Waals surface area contributed by atoms with Crippen LogP contribution in [0.1, 0.15) is 15.9 Å². The highest BCUT2D eigenvalue weighted by atomic mass is 16.5. The maximum Gasteiger partial charge on any atom is 0.257 e. The second-order valence-corrected chi connectivity index (χ2v) is 4.34. The van der Waals surface area contributed by atoms with E-state index < -0.39 is 0 Å². The van der Waals surface area contributed by atoms with Crippen LogP contribution in [0.5, 0.6) is 0 Å². The number of carbonyl (C=O) groups is 1. The molecule has 0 aromatic heterocycles. The van der Waals surface area contributed by atoms with Crippen LogP contribution in [0.4, 0.5) is 11.4 Å². The second-order valence-electron chi connectivity index (χ2n) is 4.34. The molecule has 0 aliphatic carbocycles. The SMILES string of the molecule is CNc1ccccc1C(=O)Nc1ccccc1COC. The number of methoxy groups -OCH3 is 1. The van der Waals surface area contributed by atoms with E-state index in [1.807, 2.05) is 42.5 Å². The third kappa shape index (κ3) is 3.16. The van der Waals surface area contributed by atoms with Crippen molar-refractivity contribution in [1.29, 1.82) is 0 Å². The Hall–Kier alpha value is -2.33. The first-order valence-corrected chi connectivity index (χ1v) is 6.41. The highest BCUT2D eigenvalue weighted by Gasteiger charge is 2.11. The van der Waals surface area contributed by atoms with Crippen molar-refractivity contribution in [3.63, 3.8) is 0 Å². The topological polar surface area (TPSA) is 50.4 Å². The van der Waals surface area contributed by atoms with Gasteiger partial charge < -0.3 is 15.4 Å². The fourth-order valence-corrected chi connectivity index (χ4v) is 2.01. The Bertz CT molecular complexity index is 597. The molecule has 20 heavy (non-hydrogen) atoms. The van der Waals surface area contributed by atoms with E-state index in [9.17, 15) is 4.79 Å². The molecule has 0 aliphatic rings. The molecule has 0 unspecified atom stereocenters. The molecule has 0 spiro atoms. The van der Waals surface area contributed by atoms with Crippen molar-refractivity contribution < 1.29 is 9.53 Å². The van der Waals surface area contributed by atoms with Crippen molar-refractivity contribution in [2.24, 2.45) is 0 Å². The van der Waals surface area contributed by atoms with Crippen molar-refractivity contribution in [3.05, 3.63) is 59.7 Å². The summed E-state index contributed by atoms with van der Waals surface area (Å²) < 4.78 is 5.14. The number of rotatable bonds is 5. The van der Waals surface area contributed by atoms with E-state index in [-0.39, 0.29) is 5.91 Å². The lowest BCUT2D eigenvalue weighted by Crippen LogP contribution is -2.15. The van der Waals surface area contributed by atoms with Crippen molar-refractivity contribution in [2.75, 3.05) is 24.8 Å². The molecule has 0 heterocycles. The van der Waals surface area contributed by atoms with Crippen molar-refractivity contribution in [1.82, 2.24) is 0 Å². The Labute approximate surface area is 118 Å². The molecule has 0 fully saturated rings. The van der Waals surface area contributed by atoms with Crippen molar-refractivity contribution in [3.8, 4) is 0 Å². The fraction of sp³-hybridized carbons (Fsp3) is 0.188. The quantitative estimate of drug-likeness (QED) is 0.877. The lowest BCUT2D eigenvalue weighted by atomic mass is 10.1. The molecular weight excluding hydrogens is 252 g/mol. The summed E-state index contributed by atoms with van der Waals surface area (Å²) in [6.45, 7) is 0.462. The molecule has 4 nitrogen and oxygen atoms in total. The van der Waals surface area contributed by atoms with Crippen LogP contribution in [-0.2, 0) is 11.3 Å². The van der Waals surface area contributed by atoms with Crippen molar-refractivity contribution >= 4 is 17.3 Å². The number of nitrogens with one attached hydrogen (secondary N) is 2. The molecule has 0 aliphatic heterocycles. The average Bonchev–Trinajstić information content (AvgIpc) is 2.49. The van der Waals surface area contributed by atoms with Crippen LogP contribution in [0, 0.1) is 0 Å². The first-order chi connectivity index (χ1) is 9.76. The Morgan fingerprint density at radius 3 is 2.40 bits per heavy atom. The molecule has 2 rings (SSSR count). The minimum absolute atomic E-state index is 0.140. The Balaban J connectivity index is 2.24. The van der Waals surface area contributed by atoms with Crippen LogP contribution in [0.25, 0.3) is 0 Å². The standard InChI is InChI=1S/C16H18N2O2/c1-17-15-10-6-4-8-13(15)16(19)18-14-9-5-3-7-12(14)11-20-2/h3-10,17H,11H2,1-2H3,(H,18,19). The van der Waals surface area contributed by atoms with Gasteiger partial charge >= 0.3 is 0 Å². The summed E-state index contributed by atoms with van der Waals surface area (Å²) in [6, 6.07) is 15.0. The molecule has 2 N–H and O–H groups in total. The van der Waals surface area contributed by atoms with Gasteiger partial charge in [-0.2, -0.15) is 0 Å². The first kappa shape index (κ1) is 14.1. The van der Waals surface area contributed by atoms with Gasteiger partial charge in [-0.1, -0.05) is 30.3 Å². The van der Waals surface area contributed by atoms with Crippen LogP contribution in [0.15, 0.2) is 48.5 Å². The molecule has 1 amide bonds. The van der Waals surface area contributed by atoms with Crippen LogP contribution in [0.3, 0.4) is 0 Å². The molecule has 0 saturated carbocycles. The number of hydrogen-bond donors (Lipinski definition) is 2. The minimum atomic E-state index is -0.140. The molecule has 2 aromatic carbocycles. The van der Waals surface area contributed by atoms with Crippen LogP contribution in [0.2, 0.25) is 0 Å². The number of amides is 1. The molecule has 0 atom stereocenters. The van der Waals surface area contributed by atoms with Crippen LogP contribution >= 0.6 is 0 Å². The third-order valence-electron chi connectivity index (χ3n) is 3.01. The van der Waals surface area contributed by atoms with Gasteiger partial charge in [0.25, 0.3) is 5.91 Å². The fourth-order valence-electron chi connectivity index (χ4n) is 2.01. The van der Waals surface area contributed by atoms with E-state index in [1.165, 1.54) is 0 Å². The second kappa shape index (κ2) is 6.73. The number of benzene rings is 2. The van der Waals surface area contributed by atoms with Gasteiger partial charge in [0.1, 0.15) is 0 Å². The van der Waals surface area contributed by atoms with Crippen LogP contribution < -0.4 is 10.6 Å². The Morgan fingerprint density at radius 1 is 1.05 bits per heavy atom.